The average molecular weight is 339 g/mol. The molecular formula is C17H17N5O3. The first-order valence-corrected chi connectivity index (χ1v) is 7.82. The molecule has 128 valence electrons. The fraction of sp³-hybridized carbons (Fsp3) is 0.235. The second-order valence-corrected chi connectivity index (χ2v) is 5.60. The number of rotatable bonds is 4. The van der Waals surface area contributed by atoms with Crippen molar-refractivity contribution in [2.24, 2.45) is 0 Å². The van der Waals surface area contributed by atoms with Crippen LogP contribution < -0.4 is 11.2 Å². The van der Waals surface area contributed by atoms with Crippen LogP contribution in [0.5, 0.6) is 0 Å². The fourth-order valence-electron chi connectivity index (χ4n) is 2.64. The van der Waals surface area contributed by atoms with Gasteiger partial charge in [0.25, 0.3) is 11.5 Å². The monoisotopic (exact) mass is 339 g/mol. The van der Waals surface area contributed by atoms with Crippen molar-refractivity contribution in [1.82, 2.24) is 24.8 Å². The maximum atomic E-state index is 12.8. The minimum atomic E-state index is -0.658. The van der Waals surface area contributed by atoms with Crippen molar-refractivity contribution >= 4 is 16.9 Å². The molecule has 0 radical (unpaired) electrons. The Kier molecular flexibility index (Phi) is 4.42. The van der Waals surface area contributed by atoms with Gasteiger partial charge < -0.3 is 4.90 Å². The van der Waals surface area contributed by atoms with Crippen molar-refractivity contribution in [3.8, 4) is 0 Å². The summed E-state index contributed by atoms with van der Waals surface area (Å²) in [6, 6.07) is 7.06. The molecule has 0 aliphatic rings. The Hall–Kier alpha value is -3.29. The zero-order valence-electron chi connectivity index (χ0n) is 13.9. The van der Waals surface area contributed by atoms with Gasteiger partial charge in [-0.15, -0.1) is 0 Å². The largest absolute Gasteiger partial charge is 0.332 e. The van der Waals surface area contributed by atoms with Gasteiger partial charge in [-0.25, -0.2) is 9.78 Å². The van der Waals surface area contributed by atoms with Crippen molar-refractivity contribution < 1.29 is 4.79 Å². The Morgan fingerprint density at radius 2 is 2.04 bits per heavy atom. The lowest BCUT2D eigenvalue weighted by atomic mass is 10.1. The Balaban J connectivity index is 2.01. The van der Waals surface area contributed by atoms with Gasteiger partial charge >= 0.3 is 5.69 Å². The van der Waals surface area contributed by atoms with Crippen LogP contribution in [0.1, 0.15) is 28.7 Å². The highest BCUT2D eigenvalue weighted by atomic mass is 16.2. The van der Waals surface area contributed by atoms with Gasteiger partial charge in [0, 0.05) is 12.7 Å². The number of hydrogen-bond donors (Lipinski definition) is 2. The molecule has 0 spiro atoms. The van der Waals surface area contributed by atoms with E-state index in [1.165, 1.54) is 0 Å². The normalized spacial score (nSPS) is 10.8. The zero-order chi connectivity index (χ0) is 18.0. The lowest BCUT2D eigenvalue weighted by Gasteiger charge is -2.20. The quantitative estimate of drug-likeness (QED) is 0.736. The first kappa shape index (κ1) is 16.6. The van der Waals surface area contributed by atoms with E-state index in [-0.39, 0.29) is 22.6 Å². The van der Waals surface area contributed by atoms with Crippen LogP contribution in [-0.2, 0) is 6.54 Å². The van der Waals surface area contributed by atoms with E-state index in [4.69, 9.17) is 0 Å². The summed E-state index contributed by atoms with van der Waals surface area (Å²) < 4.78 is 0. The van der Waals surface area contributed by atoms with E-state index in [2.05, 4.69) is 19.9 Å². The highest BCUT2D eigenvalue weighted by Gasteiger charge is 2.19. The van der Waals surface area contributed by atoms with Gasteiger partial charge in [0.15, 0.2) is 0 Å². The molecule has 3 rings (SSSR count). The van der Waals surface area contributed by atoms with Crippen LogP contribution in [-0.4, -0.2) is 37.3 Å². The summed E-state index contributed by atoms with van der Waals surface area (Å²) in [5.74, 6) is -0.292. The smallest absolute Gasteiger partial charge is 0.327 e. The number of aryl methyl sites for hydroxylation is 1. The van der Waals surface area contributed by atoms with Crippen LogP contribution in [0.2, 0.25) is 0 Å². The van der Waals surface area contributed by atoms with Gasteiger partial charge in [-0.3, -0.25) is 24.5 Å². The number of amides is 1. The number of hydrogen-bond acceptors (Lipinski definition) is 5. The number of carbonyl (C=O) groups excluding carboxylic acids is 1. The third kappa shape index (κ3) is 3.32. The molecule has 3 aromatic heterocycles. The van der Waals surface area contributed by atoms with Crippen molar-refractivity contribution in [3.05, 3.63) is 68.3 Å². The molecule has 3 heterocycles. The van der Waals surface area contributed by atoms with Crippen molar-refractivity contribution in [2.75, 3.05) is 6.54 Å². The van der Waals surface area contributed by atoms with Gasteiger partial charge in [0.05, 0.1) is 17.6 Å². The van der Waals surface area contributed by atoms with E-state index in [1.807, 2.05) is 25.1 Å². The van der Waals surface area contributed by atoms with Gasteiger partial charge in [0.2, 0.25) is 0 Å². The van der Waals surface area contributed by atoms with Gasteiger partial charge in [-0.2, -0.15) is 0 Å². The molecule has 0 fully saturated rings. The molecule has 3 aromatic rings. The van der Waals surface area contributed by atoms with Crippen molar-refractivity contribution in [1.29, 1.82) is 0 Å². The summed E-state index contributed by atoms with van der Waals surface area (Å²) in [5.41, 5.74) is 0.424. The van der Waals surface area contributed by atoms with Crippen LogP contribution >= 0.6 is 0 Å². The molecule has 0 aliphatic carbocycles. The Morgan fingerprint density at radius 3 is 2.72 bits per heavy atom. The summed E-state index contributed by atoms with van der Waals surface area (Å²) >= 11 is 0. The summed E-state index contributed by atoms with van der Waals surface area (Å²) in [6.45, 7) is 4.38. The topological polar surface area (TPSA) is 112 Å². The summed E-state index contributed by atoms with van der Waals surface area (Å²) in [5, 5.41) is 0.268. The average Bonchev–Trinajstić information content (AvgIpc) is 2.59. The SMILES string of the molecule is CCN(Cc1ccccn1)C(=O)c1cc(C)c2c(=O)[nH]c(=O)[nH]c2n1. The lowest BCUT2D eigenvalue weighted by Crippen LogP contribution is -2.32. The molecule has 0 aliphatic heterocycles. The molecule has 0 aromatic carbocycles. The third-order valence-electron chi connectivity index (χ3n) is 3.87. The first-order chi connectivity index (χ1) is 12.0. The number of fused-ring (bicyclic) bond motifs is 1. The molecule has 0 saturated heterocycles. The minimum absolute atomic E-state index is 0.103. The van der Waals surface area contributed by atoms with Crippen LogP contribution in [0.25, 0.3) is 11.0 Å². The van der Waals surface area contributed by atoms with E-state index in [0.29, 0.717) is 18.7 Å². The number of aromatic amines is 2. The maximum Gasteiger partial charge on any atom is 0.327 e. The second-order valence-electron chi connectivity index (χ2n) is 5.60. The number of nitrogens with zero attached hydrogens (tertiary/aromatic N) is 3. The molecule has 0 unspecified atom stereocenters. The molecule has 2 N–H and O–H groups in total. The Bertz CT molecular complexity index is 1040. The highest BCUT2D eigenvalue weighted by Crippen LogP contribution is 2.14. The predicted molar refractivity (Wildman–Crippen MR) is 92.4 cm³/mol. The molecule has 0 bridgehead atoms. The Morgan fingerprint density at radius 1 is 1.24 bits per heavy atom. The van der Waals surface area contributed by atoms with E-state index >= 15 is 0 Å². The number of carbonyl (C=O) groups is 1. The van der Waals surface area contributed by atoms with Crippen molar-refractivity contribution in [2.45, 2.75) is 20.4 Å². The molecule has 8 heteroatoms. The molecule has 1 amide bonds. The van der Waals surface area contributed by atoms with Crippen molar-refractivity contribution in [3.63, 3.8) is 0 Å². The minimum Gasteiger partial charge on any atom is -0.332 e. The standard InChI is InChI=1S/C17H17N5O3/c1-3-22(9-11-6-4-5-7-18-11)16(24)12-8-10(2)13-14(19-12)20-17(25)21-15(13)23/h4-8H,3,9H2,1-2H3,(H2,19,20,21,23,25). The lowest BCUT2D eigenvalue weighted by molar-refractivity contribution is 0.0745. The Labute approximate surface area is 142 Å². The molecule has 0 atom stereocenters. The van der Waals surface area contributed by atoms with E-state index in [0.717, 1.165) is 5.69 Å². The molecular weight excluding hydrogens is 322 g/mol. The third-order valence-corrected chi connectivity index (χ3v) is 3.87. The van der Waals surface area contributed by atoms with Gasteiger partial charge in [-0.05, 0) is 37.6 Å². The van der Waals surface area contributed by atoms with E-state index in [9.17, 15) is 14.4 Å². The fourth-order valence-corrected chi connectivity index (χ4v) is 2.64. The van der Waals surface area contributed by atoms with Gasteiger partial charge in [-0.1, -0.05) is 6.07 Å². The summed E-state index contributed by atoms with van der Waals surface area (Å²) in [4.78, 5) is 50.8. The maximum absolute atomic E-state index is 12.8. The molecule has 0 saturated carbocycles. The molecule has 25 heavy (non-hydrogen) atoms. The van der Waals surface area contributed by atoms with Gasteiger partial charge in [0.1, 0.15) is 11.3 Å². The van der Waals surface area contributed by atoms with E-state index < -0.39 is 11.2 Å². The first-order valence-electron chi connectivity index (χ1n) is 7.82. The van der Waals surface area contributed by atoms with Crippen LogP contribution in [0.15, 0.2) is 40.1 Å². The van der Waals surface area contributed by atoms with Crippen LogP contribution in [0.4, 0.5) is 0 Å². The van der Waals surface area contributed by atoms with E-state index in [1.54, 1.807) is 24.1 Å². The number of H-pyrrole nitrogens is 2. The van der Waals surface area contributed by atoms with Crippen LogP contribution in [0, 0.1) is 6.92 Å². The second kappa shape index (κ2) is 6.68. The summed E-state index contributed by atoms with van der Waals surface area (Å²) in [7, 11) is 0. The molecule has 8 nitrogen and oxygen atoms in total. The number of pyridine rings is 2. The van der Waals surface area contributed by atoms with Crippen LogP contribution in [0.3, 0.4) is 0 Å². The highest BCUT2D eigenvalue weighted by molar-refractivity contribution is 5.95. The summed E-state index contributed by atoms with van der Waals surface area (Å²) in [6.07, 6.45) is 1.67. The zero-order valence-corrected chi connectivity index (χ0v) is 13.9. The number of aromatic nitrogens is 4. The number of nitrogens with one attached hydrogen (secondary N) is 2. The predicted octanol–water partition coefficient (Wildman–Crippen LogP) is 0.977.